The highest BCUT2D eigenvalue weighted by Gasteiger charge is 2.19. The molecule has 0 aliphatic carbocycles. The second-order valence-corrected chi connectivity index (χ2v) is 4.82. The number of rotatable bonds is 4. The van der Waals surface area contributed by atoms with E-state index in [-0.39, 0.29) is 12.2 Å². The number of hydrogen-bond donors (Lipinski definition) is 1. The van der Waals surface area contributed by atoms with E-state index >= 15 is 0 Å². The van der Waals surface area contributed by atoms with Gasteiger partial charge in [-0.15, -0.1) is 0 Å². The molecule has 2 rings (SSSR count). The predicted octanol–water partition coefficient (Wildman–Crippen LogP) is 1.69. The molecule has 1 heterocycles. The summed E-state index contributed by atoms with van der Waals surface area (Å²) < 4.78 is 32.4. The molecule has 0 atom stereocenters. The molecular weight excluding hydrogens is 334 g/mol. The lowest BCUT2D eigenvalue weighted by atomic mass is 10.2. The van der Waals surface area contributed by atoms with Gasteiger partial charge in [0.25, 0.3) is 5.56 Å². The highest BCUT2D eigenvalue weighted by Crippen LogP contribution is 2.23. The van der Waals surface area contributed by atoms with E-state index in [9.17, 15) is 23.2 Å². The molecule has 6 nitrogen and oxygen atoms in total. The summed E-state index contributed by atoms with van der Waals surface area (Å²) in [4.78, 5) is 37.8. The Morgan fingerprint density at radius 2 is 1.96 bits per heavy atom. The molecule has 122 valence electrons. The number of esters is 1. The van der Waals surface area contributed by atoms with Crippen LogP contribution in [0.4, 0.5) is 8.78 Å². The van der Waals surface area contributed by atoms with Crippen LogP contribution in [0.3, 0.4) is 0 Å². The normalized spacial score (nSPS) is 10.6. The molecule has 0 aliphatic heterocycles. The van der Waals surface area contributed by atoms with Gasteiger partial charge in [-0.2, -0.15) is 0 Å². The summed E-state index contributed by atoms with van der Waals surface area (Å²) in [7, 11) is 0. The van der Waals surface area contributed by atoms with Gasteiger partial charge in [-0.1, -0.05) is 11.6 Å². The van der Waals surface area contributed by atoms with E-state index < -0.39 is 46.0 Å². The van der Waals surface area contributed by atoms with Gasteiger partial charge in [-0.25, -0.2) is 18.4 Å². The minimum absolute atomic E-state index is 0.0295. The fraction of sp³-hybridized carbons (Fsp3) is 0.214. The maximum atomic E-state index is 13.8. The molecule has 0 fully saturated rings. The van der Waals surface area contributed by atoms with E-state index in [1.165, 1.54) is 0 Å². The van der Waals surface area contributed by atoms with E-state index in [1.807, 2.05) is 0 Å². The summed E-state index contributed by atoms with van der Waals surface area (Å²) in [6.07, 6.45) is 0.905. The average Bonchev–Trinajstić information content (AvgIpc) is 2.50. The van der Waals surface area contributed by atoms with Crippen LogP contribution in [-0.2, 0) is 11.3 Å². The number of aromatic amines is 1. The van der Waals surface area contributed by atoms with Gasteiger partial charge in [-0.3, -0.25) is 9.36 Å². The summed E-state index contributed by atoms with van der Waals surface area (Å²) >= 11 is 5.67. The molecule has 0 saturated heterocycles. The minimum atomic E-state index is -0.994. The van der Waals surface area contributed by atoms with Crippen molar-refractivity contribution in [3.05, 3.63) is 67.0 Å². The summed E-state index contributed by atoms with van der Waals surface area (Å²) in [6, 6.07) is 1.65. The average molecular weight is 345 g/mol. The van der Waals surface area contributed by atoms with Crippen molar-refractivity contribution in [2.75, 3.05) is 6.61 Å². The number of aromatic nitrogens is 2. The van der Waals surface area contributed by atoms with Crippen molar-refractivity contribution >= 4 is 17.6 Å². The first-order valence-corrected chi connectivity index (χ1v) is 6.86. The smallest absolute Gasteiger partial charge is 0.345 e. The maximum absolute atomic E-state index is 13.8. The third-order valence-electron chi connectivity index (χ3n) is 3.01. The summed E-state index contributed by atoms with van der Waals surface area (Å²) in [5, 5.41) is -0.544. The van der Waals surface area contributed by atoms with E-state index in [1.54, 1.807) is 6.92 Å². The van der Waals surface area contributed by atoms with Crippen molar-refractivity contribution in [3.63, 3.8) is 0 Å². The SMILES string of the molecule is CCOC(=O)c1c[nH]c(=O)n(Cc2c(F)ccc(F)c2Cl)c1=O. The molecule has 0 spiro atoms. The lowest BCUT2D eigenvalue weighted by molar-refractivity contribution is 0.0522. The van der Waals surface area contributed by atoms with Gasteiger partial charge in [0, 0.05) is 11.8 Å². The Bertz CT molecular complexity index is 876. The van der Waals surface area contributed by atoms with E-state index in [0.717, 1.165) is 18.3 Å². The number of carbonyl (C=O) groups excluding carboxylic acids is 1. The topological polar surface area (TPSA) is 81.2 Å². The van der Waals surface area contributed by atoms with Gasteiger partial charge >= 0.3 is 11.7 Å². The molecule has 0 unspecified atom stereocenters. The Balaban J connectivity index is 2.56. The van der Waals surface area contributed by atoms with Gasteiger partial charge < -0.3 is 9.72 Å². The Morgan fingerprint density at radius 1 is 1.30 bits per heavy atom. The number of H-pyrrole nitrogens is 1. The van der Waals surface area contributed by atoms with Crippen LogP contribution in [-0.4, -0.2) is 22.1 Å². The molecule has 1 aromatic heterocycles. The first kappa shape index (κ1) is 16.9. The van der Waals surface area contributed by atoms with Crippen LogP contribution in [0.5, 0.6) is 0 Å². The fourth-order valence-corrected chi connectivity index (χ4v) is 2.10. The van der Waals surface area contributed by atoms with E-state index in [4.69, 9.17) is 11.6 Å². The van der Waals surface area contributed by atoms with Crippen LogP contribution in [0.2, 0.25) is 5.02 Å². The molecule has 0 aliphatic rings. The van der Waals surface area contributed by atoms with Crippen LogP contribution < -0.4 is 11.2 Å². The lowest BCUT2D eigenvalue weighted by Gasteiger charge is -2.09. The van der Waals surface area contributed by atoms with Gasteiger partial charge in [-0.05, 0) is 19.1 Å². The monoisotopic (exact) mass is 344 g/mol. The van der Waals surface area contributed by atoms with Crippen molar-refractivity contribution in [1.82, 2.24) is 9.55 Å². The van der Waals surface area contributed by atoms with E-state index in [2.05, 4.69) is 9.72 Å². The maximum Gasteiger partial charge on any atom is 0.345 e. The highest BCUT2D eigenvalue weighted by atomic mass is 35.5. The van der Waals surface area contributed by atoms with Gasteiger partial charge in [0.15, 0.2) is 0 Å². The second-order valence-electron chi connectivity index (χ2n) is 4.44. The summed E-state index contributed by atoms with van der Waals surface area (Å²) in [6.45, 7) is 0.940. The van der Waals surface area contributed by atoms with Crippen LogP contribution in [0.25, 0.3) is 0 Å². The van der Waals surface area contributed by atoms with Crippen molar-refractivity contribution in [2.24, 2.45) is 0 Å². The minimum Gasteiger partial charge on any atom is -0.462 e. The van der Waals surface area contributed by atoms with Crippen molar-refractivity contribution in [1.29, 1.82) is 0 Å². The van der Waals surface area contributed by atoms with Crippen LogP contribution in [0, 0.1) is 11.6 Å². The van der Waals surface area contributed by atoms with Crippen LogP contribution in [0.15, 0.2) is 27.9 Å². The van der Waals surface area contributed by atoms with Crippen molar-refractivity contribution < 1.29 is 18.3 Å². The number of nitrogens with zero attached hydrogens (tertiary/aromatic N) is 1. The van der Waals surface area contributed by atoms with Crippen molar-refractivity contribution in [2.45, 2.75) is 13.5 Å². The molecule has 9 heteroatoms. The predicted molar refractivity (Wildman–Crippen MR) is 77.7 cm³/mol. The zero-order valence-electron chi connectivity index (χ0n) is 11.9. The van der Waals surface area contributed by atoms with E-state index in [0.29, 0.717) is 4.57 Å². The first-order chi connectivity index (χ1) is 10.9. The number of nitrogens with one attached hydrogen (secondary N) is 1. The Morgan fingerprint density at radius 3 is 2.61 bits per heavy atom. The number of carbonyl (C=O) groups is 1. The largest absolute Gasteiger partial charge is 0.462 e. The number of benzene rings is 1. The zero-order chi connectivity index (χ0) is 17.1. The quantitative estimate of drug-likeness (QED) is 0.676. The molecule has 23 heavy (non-hydrogen) atoms. The second kappa shape index (κ2) is 6.74. The Hall–Kier alpha value is -2.48. The molecule has 0 amide bonds. The number of hydrogen-bond acceptors (Lipinski definition) is 4. The zero-order valence-corrected chi connectivity index (χ0v) is 12.6. The molecular formula is C14H11ClF2N2O4. The molecule has 0 radical (unpaired) electrons. The molecule has 0 saturated carbocycles. The number of ether oxygens (including phenoxy) is 1. The Labute approximate surface area is 133 Å². The van der Waals surface area contributed by atoms with Crippen LogP contribution in [0.1, 0.15) is 22.8 Å². The standard InChI is InChI=1S/C14H11ClF2N2O4/c1-2-23-13(21)7-5-18-14(22)19(12(7)20)6-8-9(16)3-4-10(17)11(8)15/h3-5H,2,6H2,1H3,(H,18,22). The Kier molecular flexibility index (Phi) is 4.95. The number of halogens is 3. The first-order valence-electron chi connectivity index (χ1n) is 6.48. The highest BCUT2D eigenvalue weighted by molar-refractivity contribution is 6.31. The molecule has 1 N–H and O–H groups in total. The molecule has 2 aromatic rings. The van der Waals surface area contributed by atoms with Gasteiger partial charge in [0.1, 0.15) is 17.2 Å². The molecule has 1 aromatic carbocycles. The molecule has 0 bridgehead atoms. The van der Waals surface area contributed by atoms with Gasteiger partial charge in [0.05, 0.1) is 18.2 Å². The third-order valence-corrected chi connectivity index (χ3v) is 3.42. The fourth-order valence-electron chi connectivity index (χ4n) is 1.88. The lowest BCUT2D eigenvalue weighted by Crippen LogP contribution is -2.39. The van der Waals surface area contributed by atoms with Crippen LogP contribution >= 0.6 is 11.6 Å². The van der Waals surface area contributed by atoms with Gasteiger partial charge in [0.2, 0.25) is 0 Å². The third kappa shape index (κ3) is 3.31. The van der Waals surface area contributed by atoms with Crippen molar-refractivity contribution in [3.8, 4) is 0 Å². The summed E-state index contributed by atoms with van der Waals surface area (Å²) in [5.74, 6) is -2.72. The summed E-state index contributed by atoms with van der Waals surface area (Å²) in [5.41, 5.74) is -2.70.